The fourth-order valence-electron chi connectivity index (χ4n) is 2.41. The van der Waals surface area contributed by atoms with E-state index < -0.39 is 65.1 Å². The van der Waals surface area contributed by atoms with E-state index in [-0.39, 0.29) is 17.1 Å². The number of benzene rings is 2. The number of nitro benzene ring substituents is 1. The first-order valence-corrected chi connectivity index (χ1v) is 9.27. The molecule has 0 radical (unpaired) electrons. The molecular formula is C19H12ClF6NO7. The van der Waals surface area contributed by atoms with Crippen molar-refractivity contribution < 1.29 is 55.1 Å². The Hall–Kier alpha value is -3.55. The van der Waals surface area contributed by atoms with E-state index in [0.29, 0.717) is 12.1 Å². The van der Waals surface area contributed by atoms with Crippen molar-refractivity contribution in [3.8, 4) is 11.5 Å². The molecule has 0 fully saturated rings. The molecule has 184 valence electrons. The van der Waals surface area contributed by atoms with Crippen LogP contribution in [0.1, 0.15) is 11.1 Å². The Morgan fingerprint density at radius 1 is 0.971 bits per heavy atom. The van der Waals surface area contributed by atoms with E-state index >= 15 is 0 Å². The van der Waals surface area contributed by atoms with E-state index in [9.17, 15) is 46.0 Å². The predicted molar refractivity (Wildman–Crippen MR) is 101 cm³/mol. The first kappa shape index (κ1) is 26.7. The number of halogens is 7. The summed E-state index contributed by atoms with van der Waals surface area (Å²) in [5.41, 5.74) is -1.80. The second-order valence-electron chi connectivity index (χ2n) is 6.32. The maximum absolute atomic E-state index is 12.7. The van der Waals surface area contributed by atoms with Crippen molar-refractivity contribution in [2.24, 2.45) is 0 Å². The zero-order valence-electron chi connectivity index (χ0n) is 16.5. The minimum atomic E-state index is -5.22. The lowest BCUT2D eigenvalue weighted by molar-refractivity contribution is -0.385. The third kappa shape index (κ3) is 7.50. The van der Waals surface area contributed by atoms with Crippen molar-refractivity contribution >= 4 is 29.2 Å². The Bertz CT molecular complexity index is 1090. The van der Waals surface area contributed by atoms with Gasteiger partial charge >= 0.3 is 24.3 Å². The van der Waals surface area contributed by atoms with E-state index in [1.807, 2.05) is 0 Å². The highest BCUT2D eigenvalue weighted by Crippen LogP contribution is 2.37. The molecular weight excluding hydrogens is 504 g/mol. The molecule has 2 aromatic carbocycles. The van der Waals surface area contributed by atoms with Crippen LogP contribution in [0, 0.1) is 10.1 Å². The number of nitro groups is 1. The largest absolute Gasteiger partial charge is 0.490 e. The molecule has 0 aliphatic rings. The molecule has 0 atom stereocenters. The molecule has 0 heterocycles. The molecule has 0 unspecified atom stereocenters. The van der Waals surface area contributed by atoms with Crippen molar-refractivity contribution in [1.29, 1.82) is 0 Å². The smallest absolute Gasteiger partial charge is 0.462 e. The number of nitrogens with zero attached hydrogens (tertiary/aromatic N) is 1. The van der Waals surface area contributed by atoms with E-state index in [2.05, 4.69) is 9.47 Å². The minimum Gasteiger partial charge on any atom is -0.462 e. The van der Waals surface area contributed by atoms with Gasteiger partial charge in [0.15, 0.2) is 0 Å². The SMILES string of the molecule is O=C(Cc1cc(Oc2ccc(C(F)(F)F)cc2Cl)ccc1[N+](=O)[O-])OCCOC(=O)C(F)(F)F. The van der Waals surface area contributed by atoms with Crippen LogP contribution in [0.2, 0.25) is 5.02 Å². The Labute approximate surface area is 191 Å². The molecule has 0 saturated carbocycles. The molecule has 0 aromatic heterocycles. The first-order valence-electron chi connectivity index (χ1n) is 8.90. The molecule has 0 spiro atoms. The monoisotopic (exact) mass is 515 g/mol. The van der Waals surface area contributed by atoms with Gasteiger partial charge in [-0.25, -0.2) is 4.79 Å². The van der Waals surface area contributed by atoms with Crippen LogP contribution in [0.3, 0.4) is 0 Å². The van der Waals surface area contributed by atoms with Crippen molar-refractivity contribution in [2.45, 2.75) is 18.8 Å². The Morgan fingerprint density at radius 2 is 1.62 bits per heavy atom. The van der Waals surface area contributed by atoms with Crippen LogP contribution in [-0.4, -0.2) is 36.3 Å². The van der Waals surface area contributed by atoms with E-state index in [0.717, 1.165) is 24.3 Å². The fraction of sp³-hybridized carbons (Fsp3) is 0.263. The maximum atomic E-state index is 12.7. The molecule has 0 aliphatic carbocycles. The number of esters is 2. The van der Waals surface area contributed by atoms with Gasteiger partial charge in [0.05, 0.1) is 21.9 Å². The van der Waals surface area contributed by atoms with Gasteiger partial charge in [-0.2, -0.15) is 26.3 Å². The lowest BCUT2D eigenvalue weighted by atomic mass is 10.1. The van der Waals surface area contributed by atoms with Gasteiger partial charge in [0.1, 0.15) is 24.7 Å². The first-order chi connectivity index (χ1) is 15.7. The Balaban J connectivity index is 2.09. The van der Waals surface area contributed by atoms with Crippen molar-refractivity contribution in [3.63, 3.8) is 0 Å². The number of carbonyl (C=O) groups excluding carboxylic acids is 2. The summed E-state index contributed by atoms with van der Waals surface area (Å²) in [5, 5.41) is 10.8. The lowest BCUT2D eigenvalue weighted by Crippen LogP contribution is -2.27. The van der Waals surface area contributed by atoms with Crippen LogP contribution in [0.4, 0.5) is 32.0 Å². The van der Waals surface area contributed by atoms with Crippen LogP contribution in [-0.2, 0) is 31.7 Å². The Kier molecular flexibility index (Phi) is 8.31. The number of hydrogen-bond donors (Lipinski definition) is 0. The second kappa shape index (κ2) is 10.6. The van der Waals surface area contributed by atoms with Crippen LogP contribution in [0.15, 0.2) is 36.4 Å². The van der Waals surface area contributed by atoms with Crippen LogP contribution >= 0.6 is 11.6 Å². The average Bonchev–Trinajstić information content (AvgIpc) is 2.71. The van der Waals surface area contributed by atoms with Crippen LogP contribution in [0.5, 0.6) is 11.5 Å². The standard InChI is InChI=1S/C19H12ClF6NO7/c20-13-9-11(18(21,22)23)1-4-15(13)34-12-2-3-14(27(30)31)10(7-12)8-16(28)32-5-6-33-17(29)19(24,25)26/h1-4,7,9H,5-6,8H2. The second-order valence-corrected chi connectivity index (χ2v) is 6.73. The quantitative estimate of drug-likeness (QED) is 0.155. The molecule has 0 bridgehead atoms. The molecule has 2 rings (SSSR count). The van der Waals surface area contributed by atoms with Gasteiger partial charge < -0.3 is 14.2 Å². The van der Waals surface area contributed by atoms with Gasteiger partial charge in [-0.05, 0) is 30.3 Å². The summed E-state index contributed by atoms with van der Waals surface area (Å²) in [4.78, 5) is 32.8. The highest BCUT2D eigenvalue weighted by molar-refractivity contribution is 6.32. The normalized spacial score (nSPS) is 11.6. The van der Waals surface area contributed by atoms with Crippen LogP contribution < -0.4 is 4.74 Å². The maximum Gasteiger partial charge on any atom is 0.490 e. The molecule has 8 nitrogen and oxygen atoms in total. The number of alkyl halides is 6. The fourth-order valence-corrected chi connectivity index (χ4v) is 2.63. The summed E-state index contributed by atoms with van der Waals surface area (Å²) < 4.78 is 88.1. The summed E-state index contributed by atoms with van der Waals surface area (Å²) in [6.45, 7) is -1.65. The van der Waals surface area contributed by atoms with Crippen molar-refractivity contribution in [2.75, 3.05) is 13.2 Å². The number of hydrogen-bond acceptors (Lipinski definition) is 7. The van der Waals surface area contributed by atoms with E-state index in [4.69, 9.17) is 16.3 Å². The van der Waals surface area contributed by atoms with Crippen molar-refractivity contribution in [1.82, 2.24) is 0 Å². The number of rotatable bonds is 8. The summed E-state index contributed by atoms with van der Waals surface area (Å²) in [7, 11) is 0. The third-order valence-corrected chi connectivity index (χ3v) is 4.18. The molecule has 15 heteroatoms. The Morgan fingerprint density at radius 3 is 2.18 bits per heavy atom. The summed E-state index contributed by atoms with van der Waals surface area (Å²) in [6, 6.07) is 5.36. The molecule has 0 saturated heterocycles. The topological polar surface area (TPSA) is 105 Å². The van der Waals surface area contributed by atoms with Crippen molar-refractivity contribution in [3.05, 3.63) is 62.7 Å². The van der Waals surface area contributed by atoms with Gasteiger partial charge in [-0.15, -0.1) is 0 Å². The predicted octanol–water partition coefficient (Wildman–Crippen LogP) is 5.25. The molecule has 0 N–H and O–H groups in total. The summed E-state index contributed by atoms with van der Waals surface area (Å²) in [6.07, 6.45) is -10.6. The lowest BCUT2D eigenvalue weighted by Gasteiger charge is -2.12. The third-order valence-electron chi connectivity index (χ3n) is 3.88. The highest BCUT2D eigenvalue weighted by atomic mass is 35.5. The van der Waals surface area contributed by atoms with Gasteiger partial charge in [-0.3, -0.25) is 14.9 Å². The van der Waals surface area contributed by atoms with E-state index in [1.165, 1.54) is 0 Å². The molecule has 2 aromatic rings. The average molecular weight is 516 g/mol. The van der Waals surface area contributed by atoms with Gasteiger partial charge in [0.2, 0.25) is 0 Å². The number of ether oxygens (including phenoxy) is 3. The zero-order chi connectivity index (χ0) is 25.7. The number of carbonyl (C=O) groups is 2. The van der Waals surface area contributed by atoms with Gasteiger partial charge in [0, 0.05) is 11.6 Å². The summed E-state index contributed by atoms with van der Waals surface area (Å²) >= 11 is 5.80. The van der Waals surface area contributed by atoms with Gasteiger partial charge in [0.25, 0.3) is 5.69 Å². The van der Waals surface area contributed by atoms with E-state index in [1.54, 1.807) is 0 Å². The van der Waals surface area contributed by atoms with Crippen LogP contribution in [0.25, 0.3) is 0 Å². The van der Waals surface area contributed by atoms with Gasteiger partial charge in [-0.1, -0.05) is 11.6 Å². The highest BCUT2D eigenvalue weighted by Gasteiger charge is 2.40. The summed E-state index contributed by atoms with van der Waals surface area (Å²) in [5.74, 6) is -3.90. The molecule has 0 aliphatic heterocycles. The molecule has 0 amide bonds. The minimum absolute atomic E-state index is 0.117. The zero-order valence-corrected chi connectivity index (χ0v) is 17.3. The molecule has 34 heavy (non-hydrogen) atoms.